The van der Waals surface area contributed by atoms with Gasteiger partial charge in [0.2, 0.25) is 0 Å². The van der Waals surface area contributed by atoms with Crippen molar-refractivity contribution in [2.24, 2.45) is 0 Å². The predicted molar refractivity (Wildman–Crippen MR) is 146 cm³/mol. The van der Waals surface area contributed by atoms with Crippen LogP contribution in [-0.4, -0.2) is 27.6 Å². The molecule has 9 heteroatoms. The van der Waals surface area contributed by atoms with E-state index in [0.29, 0.717) is 22.8 Å². The van der Waals surface area contributed by atoms with Gasteiger partial charge >= 0.3 is 6.09 Å². The molecule has 37 heavy (non-hydrogen) atoms. The summed E-state index contributed by atoms with van der Waals surface area (Å²) >= 11 is 0. The van der Waals surface area contributed by atoms with Crippen molar-refractivity contribution < 1.29 is 14.3 Å². The first-order valence-corrected chi connectivity index (χ1v) is 11.7. The molecule has 0 atom stereocenters. The van der Waals surface area contributed by atoms with Gasteiger partial charge in [0.15, 0.2) is 0 Å². The topological polar surface area (TPSA) is 117 Å². The molecule has 0 bridgehead atoms. The molecule has 4 rings (SSSR count). The van der Waals surface area contributed by atoms with E-state index >= 15 is 0 Å². The lowest BCUT2D eigenvalue weighted by atomic mass is 10.1. The van der Waals surface area contributed by atoms with Crippen LogP contribution in [0.2, 0.25) is 0 Å². The second-order valence-electron chi connectivity index (χ2n) is 9.15. The number of anilines is 6. The second kappa shape index (κ2) is 11.2. The Morgan fingerprint density at radius 1 is 0.703 bits per heavy atom. The zero-order valence-corrected chi connectivity index (χ0v) is 20.8. The van der Waals surface area contributed by atoms with E-state index < -0.39 is 11.7 Å². The highest BCUT2D eigenvalue weighted by molar-refractivity contribution is 6.04. The van der Waals surface area contributed by atoms with Crippen LogP contribution < -0.4 is 21.3 Å². The summed E-state index contributed by atoms with van der Waals surface area (Å²) < 4.78 is 5.27. The van der Waals surface area contributed by atoms with Gasteiger partial charge in [-0.1, -0.05) is 6.07 Å². The lowest BCUT2D eigenvalue weighted by Crippen LogP contribution is -2.27. The third-order valence-electron chi connectivity index (χ3n) is 4.91. The molecule has 4 aromatic rings. The molecule has 2 amide bonds. The number of carbonyl (C=O) groups is 2. The quantitative estimate of drug-likeness (QED) is 0.229. The Morgan fingerprint density at radius 3 is 2.05 bits per heavy atom. The minimum atomic E-state index is -0.607. The number of nitrogens with zero attached hydrogens (tertiary/aromatic N) is 2. The maximum atomic E-state index is 12.8. The number of carbonyl (C=O) groups excluding carboxylic acids is 2. The lowest BCUT2D eigenvalue weighted by molar-refractivity contribution is 0.0635. The number of pyridine rings is 2. The van der Waals surface area contributed by atoms with Crippen LogP contribution in [0, 0.1) is 0 Å². The molecule has 188 valence electrons. The van der Waals surface area contributed by atoms with Crippen molar-refractivity contribution in [3.05, 3.63) is 97.0 Å². The Kier molecular flexibility index (Phi) is 7.63. The zero-order valence-electron chi connectivity index (χ0n) is 20.8. The summed E-state index contributed by atoms with van der Waals surface area (Å²) in [5, 5.41) is 12.1. The van der Waals surface area contributed by atoms with Crippen LogP contribution in [0.3, 0.4) is 0 Å². The Morgan fingerprint density at radius 2 is 1.32 bits per heavy atom. The van der Waals surface area contributed by atoms with E-state index in [2.05, 4.69) is 31.2 Å². The molecule has 2 heterocycles. The fourth-order valence-corrected chi connectivity index (χ4v) is 3.34. The van der Waals surface area contributed by atoms with E-state index in [1.165, 1.54) is 0 Å². The predicted octanol–water partition coefficient (Wildman–Crippen LogP) is 6.56. The van der Waals surface area contributed by atoms with E-state index in [0.717, 1.165) is 17.1 Å². The molecule has 4 N–H and O–H groups in total. The molecule has 0 aliphatic carbocycles. The van der Waals surface area contributed by atoms with Gasteiger partial charge in [0.05, 0.1) is 0 Å². The van der Waals surface area contributed by atoms with Crippen LogP contribution in [-0.2, 0) is 4.74 Å². The molecule has 9 nitrogen and oxygen atoms in total. The van der Waals surface area contributed by atoms with Gasteiger partial charge in [-0.2, -0.15) is 0 Å². The first kappa shape index (κ1) is 25.2. The van der Waals surface area contributed by atoms with Crippen molar-refractivity contribution in [2.75, 3.05) is 21.3 Å². The van der Waals surface area contributed by atoms with Gasteiger partial charge in [0.1, 0.15) is 11.4 Å². The molecule has 0 aliphatic heterocycles. The molecule has 0 saturated heterocycles. The number of hydrogen-bond donors (Lipinski definition) is 4. The number of nitrogens with one attached hydrogen (secondary N) is 4. The SMILES string of the molecule is CC(C)(C)OC(=O)Nc1cc(Nc2cccc(NC(=O)c3ccc(Nc4ccncc4)cc3)c2)ccn1. The summed E-state index contributed by atoms with van der Waals surface area (Å²) in [6.07, 6.45) is 4.42. The zero-order chi connectivity index (χ0) is 26.3. The van der Waals surface area contributed by atoms with Gasteiger partial charge in [0, 0.05) is 58.7 Å². The molecule has 0 aliphatic rings. The smallest absolute Gasteiger partial charge is 0.413 e. The third kappa shape index (κ3) is 7.79. The van der Waals surface area contributed by atoms with Crippen LogP contribution in [0.4, 0.5) is 39.0 Å². The van der Waals surface area contributed by atoms with Gasteiger partial charge < -0.3 is 20.7 Å². The maximum absolute atomic E-state index is 12.8. The number of hydrogen-bond acceptors (Lipinski definition) is 7. The van der Waals surface area contributed by atoms with Gasteiger partial charge in [-0.25, -0.2) is 9.78 Å². The van der Waals surface area contributed by atoms with Crippen LogP contribution in [0.25, 0.3) is 0 Å². The Labute approximate surface area is 215 Å². The minimum absolute atomic E-state index is 0.222. The average molecular weight is 497 g/mol. The number of aromatic nitrogens is 2. The fraction of sp³-hybridized carbons (Fsp3) is 0.143. The van der Waals surface area contributed by atoms with Gasteiger partial charge in [0.25, 0.3) is 5.91 Å². The fourth-order valence-electron chi connectivity index (χ4n) is 3.34. The highest BCUT2D eigenvalue weighted by Gasteiger charge is 2.16. The van der Waals surface area contributed by atoms with Crippen LogP contribution in [0.15, 0.2) is 91.4 Å². The van der Waals surface area contributed by atoms with Crippen molar-refractivity contribution in [3.8, 4) is 0 Å². The molecule has 0 radical (unpaired) electrons. The van der Waals surface area contributed by atoms with Crippen molar-refractivity contribution >= 4 is 46.3 Å². The normalized spacial score (nSPS) is 10.8. The number of benzene rings is 2. The van der Waals surface area contributed by atoms with Crippen molar-refractivity contribution in [1.29, 1.82) is 0 Å². The Balaban J connectivity index is 1.37. The van der Waals surface area contributed by atoms with Crippen LogP contribution >= 0.6 is 0 Å². The average Bonchev–Trinajstić information content (AvgIpc) is 2.84. The molecule has 0 unspecified atom stereocenters. The van der Waals surface area contributed by atoms with Gasteiger partial charge in [-0.15, -0.1) is 0 Å². The summed E-state index contributed by atoms with van der Waals surface area (Å²) in [7, 11) is 0. The lowest BCUT2D eigenvalue weighted by Gasteiger charge is -2.19. The number of rotatable bonds is 7. The highest BCUT2D eigenvalue weighted by Crippen LogP contribution is 2.23. The molecule has 0 saturated carbocycles. The summed E-state index contributed by atoms with van der Waals surface area (Å²) in [6.45, 7) is 5.38. The van der Waals surface area contributed by atoms with Gasteiger partial charge in [-0.05, 0) is 81.4 Å². The number of ether oxygens (including phenoxy) is 1. The first-order chi connectivity index (χ1) is 17.7. The van der Waals surface area contributed by atoms with E-state index in [1.807, 2.05) is 48.5 Å². The highest BCUT2D eigenvalue weighted by atomic mass is 16.6. The molecule has 2 aromatic carbocycles. The largest absolute Gasteiger partial charge is 0.444 e. The molecular formula is C28H28N6O3. The first-order valence-electron chi connectivity index (χ1n) is 11.7. The number of amides is 2. The Hall–Kier alpha value is -4.92. The van der Waals surface area contributed by atoms with Crippen LogP contribution in [0.5, 0.6) is 0 Å². The van der Waals surface area contributed by atoms with Crippen molar-refractivity contribution in [1.82, 2.24) is 9.97 Å². The van der Waals surface area contributed by atoms with E-state index in [4.69, 9.17) is 4.74 Å². The summed E-state index contributed by atoms with van der Waals surface area (Å²) in [6, 6.07) is 21.7. The minimum Gasteiger partial charge on any atom is -0.444 e. The molecule has 2 aromatic heterocycles. The standard InChI is InChI=1S/C28H28N6O3/c1-28(2,3)37-27(36)34-25-18-24(13-16-30-25)32-22-5-4-6-23(17-22)33-26(35)19-7-9-20(10-8-19)31-21-11-14-29-15-12-21/h4-18H,1-3H3,(H,29,31)(H,33,35)(H2,30,32,34,36). The van der Waals surface area contributed by atoms with E-state index in [9.17, 15) is 9.59 Å². The molecular weight excluding hydrogens is 468 g/mol. The van der Waals surface area contributed by atoms with Crippen molar-refractivity contribution in [2.45, 2.75) is 26.4 Å². The monoisotopic (exact) mass is 496 g/mol. The van der Waals surface area contributed by atoms with Gasteiger partial charge in [-0.3, -0.25) is 15.1 Å². The summed E-state index contributed by atoms with van der Waals surface area (Å²) in [5.41, 5.74) is 3.81. The summed E-state index contributed by atoms with van der Waals surface area (Å²) in [4.78, 5) is 33.0. The van der Waals surface area contributed by atoms with Crippen LogP contribution in [0.1, 0.15) is 31.1 Å². The summed E-state index contributed by atoms with van der Waals surface area (Å²) in [5.74, 6) is 0.131. The second-order valence-corrected chi connectivity index (χ2v) is 9.15. The van der Waals surface area contributed by atoms with Crippen molar-refractivity contribution in [3.63, 3.8) is 0 Å². The molecule has 0 fully saturated rings. The Bertz CT molecular complexity index is 1370. The third-order valence-corrected chi connectivity index (χ3v) is 4.91. The van der Waals surface area contributed by atoms with E-state index in [-0.39, 0.29) is 5.91 Å². The maximum Gasteiger partial charge on any atom is 0.413 e. The van der Waals surface area contributed by atoms with E-state index in [1.54, 1.807) is 63.6 Å². The molecule has 0 spiro atoms.